The predicted octanol–water partition coefficient (Wildman–Crippen LogP) is -1.43. The number of aliphatic hydroxyl groups excluding tert-OH is 3. The van der Waals surface area contributed by atoms with Crippen LogP contribution in [-0.2, 0) is 4.74 Å². The van der Waals surface area contributed by atoms with Gasteiger partial charge in [-0.3, -0.25) is 9.78 Å². The van der Waals surface area contributed by atoms with E-state index in [9.17, 15) is 15.0 Å². The number of nitrogens with zero attached hydrogens (tertiary/aromatic N) is 2. The number of hydrogen-bond acceptors (Lipinski definition) is 7. The van der Waals surface area contributed by atoms with Crippen molar-refractivity contribution in [1.82, 2.24) is 14.5 Å². The second-order valence-electron chi connectivity index (χ2n) is 4.76. The first-order valence-corrected chi connectivity index (χ1v) is 6.50. The van der Waals surface area contributed by atoms with Gasteiger partial charge < -0.3 is 30.4 Å². The Morgan fingerprint density at radius 2 is 2.19 bits per heavy atom. The quantitative estimate of drug-likeness (QED) is 0.456. The van der Waals surface area contributed by atoms with Gasteiger partial charge in [-0.25, -0.2) is 0 Å². The number of nitrogens with one attached hydrogen (secondary N) is 1. The minimum absolute atomic E-state index is 0.101. The standard InChI is InChI=1S/C11H13ClN4O5/c12-3-1-16(8-5(3)9(20)15-11(13)14-8)10-7(19)6(18)4(2-17)21-10/h1,4,6-7,10,17-19H,2H2,(H3,13,14,15,20)/t4-,6-,7-,10-/m1/s1. The first-order chi connectivity index (χ1) is 9.93. The Labute approximate surface area is 122 Å². The maximum atomic E-state index is 11.8. The summed E-state index contributed by atoms with van der Waals surface area (Å²) >= 11 is 6.00. The van der Waals surface area contributed by atoms with Gasteiger partial charge in [-0.1, -0.05) is 11.6 Å². The molecule has 10 heteroatoms. The van der Waals surface area contributed by atoms with Crippen LogP contribution in [0.5, 0.6) is 0 Å². The SMILES string of the molecule is Nc1nc2c(c(Cl)cn2[C@@H]2O[C@H](CO)[C@@H](O)[C@H]2O)c(=O)[nH]1. The minimum Gasteiger partial charge on any atom is -0.394 e. The van der Waals surface area contributed by atoms with Crippen LogP contribution in [0.1, 0.15) is 6.23 Å². The number of nitrogens with two attached hydrogens (primary N) is 1. The molecule has 0 saturated carbocycles. The van der Waals surface area contributed by atoms with Crippen LogP contribution >= 0.6 is 11.6 Å². The smallest absolute Gasteiger partial charge is 0.263 e. The van der Waals surface area contributed by atoms with Crippen molar-refractivity contribution in [3.63, 3.8) is 0 Å². The van der Waals surface area contributed by atoms with Crippen LogP contribution in [0.25, 0.3) is 11.0 Å². The lowest BCUT2D eigenvalue weighted by molar-refractivity contribution is -0.0508. The van der Waals surface area contributed by atoms with Gasteiger partial charge in [0, 0.05) is 6.20 Å². The van der Waals surface area contributed by atoms with E-state index >= 15 is 0 Å². The molecule has 1 aliphatic rings. The van der Waals surface area contributed by atoms with Gasteiger partial charge in [-0.15, -0.1) is 0 Å². The van der Waals surface area contributed by atoms with E-state index in [0.717, 1.165) is 0 Å². The minimum atomic E-state index is -1.31. The molecule has 6 N–H and O–H groups in total. The average Bonchev–Trinajstić information content (AvgIpc) is 2.89. The maximum Gasteiger partial charge on any atom is 0.263 e. The second-order valence-corrected chi connectivity index (χ2v) is 5.17. The van der Waals surface area contributed by atoms with E-state index in [0.29, 0.717) is 0 Å². The highest BCUT2D eigenvalue weighted by Gasteiger charge is 2.44. The zero-order chi connectivity index (χ0) is 15.3. The highest BCUT2D eigenvalue weighted by molar-refractivity contribution is 6.35. The van der Waals surface area contributed by atoms with Crippen LogP contribution in [0.3, 0.4) is 0 Å². The Morgan fingerprint density at radius 3 is 2.81 bits per heavy atom. The number of halogens is 1. The summed E-state index contributed by atoms with van der Waals surface area (Å²) in [6.07, 6.45) is -3.21. The van der Waals surface area contributed by atoms with E-state index < -0.39 is 36.7 Å². The first kappa shape index (κ1) is 14.3. The van der Waals surface area contributed by atoms with Gasteiger partial charge in [0.2, 0.25) is 5.95 Å². The van der Waals surface area contributed by atoms with Crippen LogP contribution in [0.2, 0.25) is 5.02 Å². The predicted molar refractivity (Wildman–Crippen MR) is 72.8 cm³/mol. The zero-order valence-electron chi connectivity index (χ0n) is 10.6. The lowest BCUT2D eigenvalue weighted by Gasteiger charge is -2.17. The van der Waals surface area contributed by atoms with Crippen molar-refractivity contribution >= 4 is 28.6 Å². The molecule has 2 aromatic rings. The van der Waals surface area contributed by atoms with Crippen LogP contribution in [0.4, 0.5) is 5.95 Å². The molecular formula is C11H13ClN4O5. The van der Waals surface area contributed by atoms with E-state index in [1.54, 1.807) is 0 Å². The van der Waals surface area contributed by atoms with Gasteiger partial charge in [0.1, 0.15) is 23.7 Å². The summed E-state index contributed by atoms with van der Waals surface area (Å²) in [5, 5.41) is 29.1. The highest BCUT2D eigenvalue weighted by Crippen LogP contribution is 2.33. The molecule has 3 rings (SSSR count). The molecule has 1 saturated heterocycles. The second kappa shape index (κ2) is 4.97. The number of nitrogen functional groups attached to an aromatic ring is 1. The Bertz CT molecular complexity index is 744. The van der Waals surface area contributed by atoms with Gasteiger partial charge in [0.15, 0.2) is 11.9 Å². The summed E-state index contributed by atoms with van der Waals surface area (Å²) in [6.45, 7) is -0.461. The summed E-state index contributed by atoms with van der Waals surface area (Å²) < 4.78 is 6.70. The number of aliphatic hydroxyl groups is 3. The van der Waals surface area contributed by atoms with Crippen molar-refractivity contribution in [2.75, 3.05) is 12.3 Å². The van der Waals surface area contributed by atoms with Gasteiger partial charge in [-0.2, -0.15) is 4.98 Å². The van der Waals surface area contributed by atoms with Crippen molar-refractivity contribution in [3.8, 4) is 0 Å². The Kier molecular flexibility index (Phi) is 3.38. The maximum absolute atomic E-state index is 11.8. The number of H-pyrrole nitrogens is 1. The van der Waals surface area contributed by atoms with Gasteiger partial charge in [0.05, 0.1) is 11.6 Å². The number of aromatic nitrogens is 3. The number of hydrogen-bond donors (Lipinski definition) is 5. The van der Waals surface area contributed by atoms with Crippen LogP contribution in [0.15, 0.2) is 11.0 Å². The lowest BCUT2D eigenvalue weighted by Crippen LogP contribution is -2.33. The summed E-state index contributed by atoms with van der Waals surface area (Å²) in [4.78, 5) is 18.1. The van der Waals surface area contributed by atoms with E-state index in [1.807, 2.05) is 0 Å². The molecule has 9 nitrogen and oxygen atoms in total. The summed E-state index contributed by atoms with van der Waals surface area (Å²) in [7, 11) is 0. The number of anilines is 1. The zero-order valence-corrected chi connectivity index (χ0v) is 11.4. The normalized spacial score (nSPS) is 29.3. The van der Waals surface area contributed by atoms with Crippen molar-refractivity contribution in [2.24, 2.45) is 0 Å². The Hall–Kier alpha value is -1.65. The molecule has 0 aromatic carbocycles. The number of rotatable bonds is 2. The van der Waals surface area contributed by atoms with Crippen LogP contribution in [-0.4, -0.2) is 54.8 Å². The number of ether oxygens (including phenoxy) is 1. The van der Waals surface area contributed by atoms with Crippen molar-refractivity contribution in [2.45, 2.75) is 24.5 Å². The fraction of sp³-hybridized carbons (Fsp3) is 0.455. The fourth-order valence-electron chi connectivity index (χ4n) is 2.43. The first-order valence-electron chi connectivity index (χ1n) is 6.12. The summed E-state index contributed by atoms with van der Waals surface area (Å²) in [6, 6.07) is 0. The average molecular weight is 317 g/mol. The van der Waals surface area contributed by atoms with Gasteiger partial charge in [0.25, 0.3) is 5.56 Å². The molecule has 114 valence electrons. The molecule has 21 heavy (non-hydrogen) atoms. The highest BCUT2D eigenvalue weighted by atomic mass is 35.5. The van der Waals surface area contributed by atoms with E-state index in [-0.39, 0.29) is 22.0 Å². The molecule has 0 amide bonds. The molecule has 0 unspecified atom stereocenters. The van der Waals surface area contributed by atoms with Crippen LogP contribution < -0.4 is 11.3 Å². The molecule has 2 aromatic heterocycles. The number of aromatic amines is 1. The molecule has 0 bridgehead atoms. The fourth-order valence-corrected chi connectivity index (χ4v) is 2.71. The molecule has 3 heterocycles. The topological polar surface area (TPSA) is 147 Å². The van der Waals surface area contributed by atoms with Crippen molar-refractivity contribution in [1.29, 1.82) is 0 Å². The summed E-state index contributed by atoms with van der Waals surface area (Å²) in [5.41, 5.74) is 5.10. The molecule has 0 radical (unpaired) electrons. The van der Waals surface area contributed by atoms with Crippen molar-refractivity contribution < 1.29 is 20.1 Å². The third-order valence-corrected chi connectivity index (χ3v) is 3.73. The Balaban J connectivity index is 2.16. The van der Waals surface area contributed by atoms with Gasteiger partial charge in [-0.05, 0) is 0 Å². The van der Waals surface area contributed by atoms with Crippen molar-refractivity contribution in [3.05, 3.63) is 21.6 Å². The molecule has 0 aliphatic carbocycles. The number of fused-ring (bicyclic) bond motifs is 1. The van der Waals surface area contributed by atoms with Gasteiger partial charge >= 0.3 is 0 Å². The third-order valence-electron chi connectivity index (χ3n) is 3.45. The molecular weight excluding hydrogens is 304 g/mol. The molecule has 4 atom stereocenters. The third kappa shape index (κ3) is 2.10. The largest absolute Gasteiger partial charge is 0.394 e. The van der Waals surface area contributed by atoms with E-state index in [4.69, 9.17) is 27.2 Å². The summed E-state index contributed by atoms with van der Waals surface area (Å²) in [5.74, 6) is -0.115. The van der Waals surface area contributed by atoms with E-state index in [1.165, 1.54) is 10.8 Å². The Morgan fingerprint density at radius 1 is 1.48 bits per heavy atom. The van der Waals surface area contributed by atoms with Crippen LogP contribution in [0, 0.1) is 0 Å². The molecule has 0 spiro atoms. The monoisotopic (exact) mass is 316 g/mol. The molecule has 1 fully saturated rings. The lowest BCUT2D eigenvalue weighted by atomic mass is 10.1. The molecule has 1 aliphatic heterocycles. The van der Waals surface area contributed by atoms with E-state index in [2.05, 4.69) is 9.97 Å².